The second kappa shape index (κ2) is 21.6. The van der Waals surface area contributed by atoms with Gasteiger partial charge in [0.25, 0.3) is 0 Å². The van der Waals surface area contributed by atoms with Gasteiger partial charge >= 0.3 is 17.6 Å². The van der Waals surface area contributed by atoms with Crippen LogP contribution >= 0.6 is 0 Å². The number of aliphatic hydroxyl groups is 3. The first-order chi connectivity index (χ1) is 39.5. The highest BCUT2D eigenvalue weighted by molar-refractivity contribution is 5.91. The molecule has 13 rings (SSSR count). The predicted molar refractivity (Wildman–Crippen MR) is 309 cm³/mol. The summed E-state index contributed by atoms with van der Waals surface area (Å²) in [5.74, 6) is -2.02. The van der Waals surface area contributed by atoms with E-state index in [-0.39, 0.29) is 91.3 Å². The monoisotopic (exact) mass is 1090 g/mol. The fourth-order valence-corrected chi connectivity index (χ4v) is 16.0. The Kier molecular flexibility index (Phi) is 14.2. The number of allylic oxidation sites excluding steroid dienone is 4. The van der Waals surface area contributed by atoms with Crippen molar-refractivity contribution in [2.75, 3.05) is 26.9 Å². The molecule has 7 aliphatic rings. The minimum Gasteiger partial charge on any atom is -0.482 e. The van der Waals surface area contributed by atoms with Gasteiger partial charge in [-0.1, -0.05) is 134 Å². The topological polar surface area (TPSA) is 162 Å². The third-order valence-electron chi connectivity index (χ3n) is 19.8. The highest BCUT2D eigenvalue weighted by Crippen LogP contribution is 2.69. The van der Waals surface area contributed by atoms with Crippen molar-refractivity contribution in [1.29, 1.82) is 0 Å². The van der Waals surface area contributed by atoms with Crippen LogP contribution < -0.4 is 10.4 Å². The number of carbonyl (C=O) groups excluding carboxylic acids is 2. The maximum atomic E-state index is 15.8. The van der Waals surface area contributed by atoms with E-state index in [1.165, 1.54) is 40.5 Å². The molecule has 81 heavy (non-hydrogen) atoms. The number of esters is 2. The molecule has 4 heterocycles. The van der Waals surface area contributed by atoms with Crippen molar-refractivity contribution in [2.24, 2.45) is 23.2 Å². The van der Waals surface area contributed by atoms with E-state index >= 15 is 9.59 Å². The molecular formula is C70H70O11. The molecule has 11 heteroatoms. The lowest BCUT2D eigenvalue weighted by Gasteiger charge is -2.56. The van der Waals surface area contributed by atoms with Crippen LogP contribution in [0, 0.1) is 23.2 Å². The Morgan fingerprint density at radius 2 is 1.65 bits per heavy atom. The zero-order valence-electron chi connectivity index (χ0n) is 46.1. The van der Waals surface area contributed by atoms with Gasteiger partial charge in [-0.2, -0.15) is 0 Å². The smallest absolute Gasteiger partial charge is 0.340 e. The second-order valence-electron chi connectivity index (χ2n) is 23.9. The molecule has 1 spiro atoms. The van der Waals surface area contributed by atoms with Crippen LogP contribution in [0.3, 0.4) is 0 Å². The summed E-state index contributed by atoms with van der Waals surface area (Å²) in [6.07, 6.45) is 16.1. The van der Waals surface area contributed by atoms with Crippen molar-refractivity contribution in [3.63, 3.8) is 0 Å². The minimum absolute atomic E-state index is 0.00412. The van der Waals surface area contributed by atoms with Crippen LogP contribution in [0.1, 0.15) is 143 Å². The molecule has 5 aromatic carbocycles. The van der Waals surface area contributed by atoms with Crippen molar-refractivity contribution in [3.8, 4) is 5.75 Å². The Morgan fingerprint density at radius 1 is 0.815 bits per heavy atom. The largest absolute Gasteiger partial charge is 0.482 e. The number of methoxy groups -OCH3 is 1. The number of aliphatic hydroxyl groups excluding tert-OH is 3. The summed E-state index contributed by atoms with van der Waals surface area (Å²) in [5.41, 5.74) is 8.39. The first kappa shape index (κ1) is 53.2. The highest BCUT2D eigenvalue weighted by atomic mass is 16.6. The zero-order chi connectivity index (χ0) is 55.6. The van der Waals surface area contributed by atoms with Crippen molar-refractivity contribution in [3.05, 3.63) is 222 Å². The fourth-order valence-electron chi connectivity index (χ4n) is 16.0. The van der Waals surface area contributed by atoms with E-state index in [0.717, 1.165) is 30.4 Å². The minimum atomic E-state index is -1.38. The van der Waals surface area contributed by atoms with E-state index in [4.69, 9.17) is 23.4 Å². The summed E-state index contributed by atoms with van der Waals surface area (Å²) in [6, 6.07) is 38.2. The van der Waals surface area contributed by atoms with Crippen LogP contribution in [0.2, 0.25) is 0 Å². The molecule has 0 saturated heterocycles. The molecule has 0 amide bonds. The van der Waals surface area contributed by atoms with Gasteiger partial charge < -0.3 is 38.7 Å². The Balaban J connectivity index is 1.04. The van der Waals surface area contributed by atoms with Gasteiger partial charge in [-0.3, -0.25) is 4.79 Å². The Bertz CT molecular complexity index is 3620. The summed E-state index contributed by atoms with van der Waals surface area (Å²) in [5, 5.41) is 32.7. The summed E-state index contributed by atoms with van der Waals surface area (Å²) >= 11 is 0. The van der Waals surface area contributed by atoms with E-state index in [9.17, 15) is 20.1 Å². The van der Waals surface area contributed by atoms with E-state index in [2.05, 4.69) is 127 Å². The molecule has 3 aliphatic heterocycles. The van der Waals surface area contributed by atoms with E-state index in [1.807, 2.05) is 12.1 Å². The number of fused-ring (bicyclic) bond motifs is 11. The number of benzene rings is 5. The zero-order valence-corrected chi connectivity index (χ0v) is 46.1. The Morgan fingerprint density at radius 3 is 2.48 bits per heavy atom. The molecule has 0 radical (unpaired) electrons. The van der Waals surface area contributed by atoms with E-state index in [1.54, 1.807) is 13.0 Å². The van der Waals surface area contributed by atoms with E-state index < -0.39 is 53.3 Å². The summed E-state index contributed by atoms with van der Waals surface area (Å²) < 4.78 is 34.1. The van der Waals surface area contributed by atoms with Crippen LogP contribution in [0.4, 0.5) is 0 Å². The lowest BCUT2D eigenvalue weighted by Crippen LogP contribution is -2.64. The molecule has 1 saturated carbocycles. The molecule has 416 valence electrons. The van der Waals surface area contributed by atoms with Gasteiger partial charge in [0, 0.05) is 72.2 Å². The second-order valence-corrected chi connectivity index (χ2v) is 23.9. The summed E-state index contributed by atoms with van der Waals surface area (Å²) in [4.78, 5) is 46.1. The molecule has 1 aromatic heterocycles. The quantitative estimate of drug-likeness (QED) is 0.0518. The van der Waals surface area contributed by atoms with Crippen LogP contribution in [-0.4, -0.2) is 65.9 Å². The number of aryl methyl sites for hydroxylation is 2. The van der Waals surface area contributed by atoms with Gasteiger partial charge in [0.2, 0.25) is 0 Å². The lowest BCUT2D eigenvalue weighted by molar-refractivity contribution is -0.210. The number of hydrogen-bond acceptors (Lipinski definition) is 11. The van der Waals surface area contributed by atoms with Crippen LogP contribution in [0.15, 0.2) is 160 Å². The predicted octanol–water partition coefficient (Wildman–Crippen LogP) is 11.7. The first-order valence-corrected chi connectivity index (χ1v) is 29.1. The average molecular weight is 1090 g/mol. The maximum Gasteiger partial charge on any atom is 0.340 e. The van der Waals surface area contributed by atoms with Crippen molar-refractivity contribution < 1.29 is 48.3 Å². The van der Waals surface area contributed by atoms with E-state index in [0.29, 0.717) is 53.5 Å². The molecule has 6 bridgehead atoms. The fraction of sp³-hybridized carbons (Fsp3) is 0.386. The van der Waals surface area contributed by atoms with Crippen LogP contribution in [-0.2, 0) is 49.7 Å². The number of hydrogen-bond donors (Lipinski definition) is 3. The number of ether oxygens (including phenoxy) is 4. The molecular weight excluding hydrogens is 1020 g/mol. The van der Waals surface area contributed by atoms with Gasteiger partial charge in [-0.05, 0) is 144 Å². The summed E-state index contributed by atoms with van der Waals surface area (Å²) in [7, 11) is 1.52. The molecule has 11 atom stereocenters. The van der Waals surface area contributed by atoms with Gasteiger partial charge in [-0.15, -0.1) is 0 Å². The molecule has 4 aliphatic carbocycles. The maximum absolute atomic E-state index is 15.8. The third kappa shape index (κ3) is 9.16. The Labute approximate surface area is 472 Å². The van der Waals surface area contributed by atoms with Crippen molar-refractivity contribution in [2.45, 2.75) is 119 Å². The first-order valence-electron chi connectivity index (χ1n) is 29.1. The number of carbonyl (C=O) groups is 2. The van der Waals surface area contributed by atoms with Crippen molar-refractivity contribution >= 4 is 29.0 Å². The van der Waals surface area contributed by atoms with Crippen LogP contribution in [0.25, 0.3) is 17.0 Å². The van der Waals surface area contributed by atoms with Gasteiger partial charge in [-0.25, -0.2) is 9.59 Å². The standard InChI is InChI=1S/C70H70O11/c1-41(38-72)52-21-18-44-16-17-49-34-48(44)26-30-69-28-9-29-70(60(69)37-56-54-15-7-6-13-45(54)20-24-58(56)69)66(80-67(52)75)65(63-59(81-70)25-23-55-57(39-73)62(68(76)79-64(55)63)50(27-31-71)40-77-2)78-61(74)36-51-35-47(19-22-53(49)51)46-14-8-12-43(33-46)32-42-10-4-3-5-11-42/h3-17,19-20,22-25,28,33-34,47,50-51,53,56,58,60,65-66,71-73H,18,21,26-27,29-32,35-40H2,1-2H3. The third-order valence-corrected chi connectivity index (χ3v) is 19.8. The van der Waals surface area contributed by atoms with Crippen molar-refractivity contribution in [1.82, 2.24) is 0 Å². The average Bonchev–Trinajstić information content (AvgIpc) is 3.87. The normalized spacial score (nSPS) is 29.0. The SMILES string of the molecule is COCC(CCO)c1c(CO)c2ccc3c(c2oc1=O)C1OC(=O)CC2CC(c4cccc(Cc5ccccc5)c4)C=CC2c2ccc4c(c2)CCC25C=CCC(O3)(C1OC(=O)C(=C(C)CO)CC4)C2CC1c2ccccc2C=CC15. The molecule has 6 aromatic rings. The molecule has 11 unspecified atom stereocenters. The van der Waals surface area contributed by atoms with Crippen LogP contribution in [0.5, 0.6) is 5.75 Å². The molecule has 3 N–H and O–H groups in total. The van der Waals surface area contributed by atoms with Gasteiger partial charge in [0.1, 0.15) is 11.3 Å². The molecule has 1 fully saturated rings. The number of rotatable bonds is 10. The van der Waals surface area contributed by atoms with Gasteiger partial charge in [0.15, 0.2) is 17.8 Å². The van der Waals surface area contributed by atoms with Gasteiger partial charge in [0.05, 0.1) is 25.4 Å². The lowest BCUT2D eigenvalue weighted by atomic mass is 9.56. The Hall–Kier alpha value is -7.15. The summed E-state index contributed by atoms with van der Waals surface area (Å²) in [6.45, 7) is 0.681. The molecule has 11 nitrogen and oxygen atoms in total. The highest BCUT2D eigenvalue weighted by Gasteiger charge is 2.69.